The number of hydrogen-bond acceptors (Lipinski definition) is 4. The lowest BCUT2D eigenvalue weighted by atomic mass is 10.2. The summed E-state index contributed by atoms with van der Waals surface area (Å²) in [4.78, 5) is 14.5. The van der Waals surface area contributed by atoms with Crippen LogP contribution >= 0.6 is 12.2 Å². The van der Waals surface area contributed by atoms with Crippen LogP contribution < -0.4 is 4.74 Å². The van der Waals surface area contributed by atoms with Crippen LogP contribution in [-0.4, -0.2) is 29.2 Å². The molecule has 0 aliphatic carbocycles. The average Bonchev–Trinajstić information content (AvgIpc) is 2.74. The molecule has 0 atom stereocenters. The van der Waals surface area contributed by atoms with Gasteiger partial charge in [0.1, 0.15) is 5.75 Å². The van der Waals surface area contributed by atoms with Gasteiger partial charge in [-0.15, -0.1) is 0 Å². The second-order valence-corrected chi connectivity index (χ2v) is 4.76. The van der Waals surface area contributed by atoms with E-state index in [4.69, 9.17) is 21.7 Å². The zero-order chi connectivity index (χ0) is 14.5. The molecule has 0 saturated heterocycles. The summed E-state index contributed by atoms with van der Waals surface area (Å²) in [6, 6.07) is 5.76. The van der Waals surface area contributed by atoms with Crippen molar-refractivity contribution in [1.29, 1.82) is 0 Å². The van der Waals surface area contributed by atoms with Crippen molar-refractivity contribution < 1.29 is 14.3 Å². The Hall–Kier alpha value is -1.82. The molecule has 1 aromatic carbocycles. The van der Waals surface area contributed by atoms with E-state index < -0.39 is 0 Å². The number of aromatic nitrogens is 2. The number of carbonyl (C=O) groups excluding carboxylic acids is 1. The lowest BCUT2D eigenvalue weighted by Gasteiger charge is -2.06. The van der Waals surface area contributed by atoms with Crippen LogP contribution in [0.5, 0.6) is 5.75 Å². The van der Waals surface area contributed by atoms with Gasteiger partial charge in [0.2, 0.25) is 0 Å². The molecule has 108 valence electrons. The Morgan fingerprint density at radius 3 is 2.95 bits per heavy atom. The van der Waals surface area contributed by atoms with Crippen molar-refractivity contribution in [3.05, 3.63) is 23.0 Å². The first-order valence-corrected chi connectivity index (χ1v) is 6.98. The van der Waals surface area contributed by atoms with E-state index >= 15 is 0 Å². The molecule has 5 nitrogen and oxygen atoms in total. The number of fused-ring (bicyclic) bond motifs is 1. The van der Waals surface area contributed by atoms with Gasteiger partial charge in [0.05, 0.1) is 24.8 Å². The summed E-state index contributed by atoms with van der Waals surface area (Å²) in [5.74, 6) is 0.613. The van der Waals surface area contributed by atoms with Crippen molar-refractivity contribution in [3.8, 4) is 5.75 Å². The van der Waals surface area contributed by atoms with E-state index in [0.717, 1.165) is 16.8 Å². The molecule has 20 heavy (non-hydrogen) atoms. The molecular weight excluding hydrogens is 276 g/mol. The fourth-order valence-electron chi connectivity index (χ4n) is 2.10. The van der Waals surface area contributed by atoms with Gasteiger partial charge in [-0.3, -0.25) is 4.79 Å². The number of ether oxygens (including phenoxy) is 2. The Morgan fingerprint density at radius 1 is 1.45 bits per heavy atom. The van der Waals surface area contributed by atoms with E-state index in [1.807, 2.05) is 22.8 Å². The number of benzene rings is 1. The summed E-state index contributed by atoms with van der Waals surface area (Å²) < 4.78 is 12.8. The number of H-pyrrole nitrogens is 1. The molecule has 6 heteroatoms. The second kappa shape index (κ2) is 6.56. The van der Waals surface area contributed by atoms with Crippen LogP contribution in [0.1, 0.15) is 19.8 Å². The van der Waals surface area contributed by atoms with Gasteiger partial charge in [-0.2, -0.15) is 0 Å². The number of carbonyl (C=O) groups is 1. The zero-order valence-electron chi connectivity index (χ0n) is 11.6. The second-order valence-electron chi connectivity index (χ2n) is 4.37. The Morgan fingerprint density at radius 2 is 2.25 bits per heavy atom. The third-order valence-electron chi connectivity index (χ3n) is 3.05. The molecule has 0 aliphatic heterocycles. The van der Waals surface area contributed by atoms with Crippen molar-refractivity contribution in [2.24, 2.45) is 0 Å². The average molecular weight is 294 g/mol. The first kappa shape index (κ1) is 14.6. The van der Waals surface area contributed by atoms with Crippen molar-refractivity contribution in [1.82, 2.24) is 9.55 Å². The van der Waals surface area contributed by atoms with Crippen molar-refractivity contribution in [2.45, 2.75) is 26.3 Å². The van der Waals surface area contributed by atoms with E-state index in [-0.39, 0.29) is 5.97 Å². The van der Waals surface area contributed by atoms with Gasteiger partial charge in [-0.1, -0.05) is 0 Å². The molecule has 0 unspecified atom stereocenters. The van der Waals surface area contributed by atoms with Crippen molar-refractivity contribution in [3.63, 3.8) is 0 Å². The normalized spacial score (nSPS) is 10.7. The fraction of sp³-hybridized carbons (Fsp3) is 0.429. The van der Waals surface area contributed by atoms with Gasteiger partial charge < -0.3 is 19.0 Å². The molecule has 0 bridgehead atoms. The van der Waals surface area contributed by atoms with Gasteiger partial charge in [0, 0.05) is 19.0 Å². The fourth-order valence-corrected chi connectivity index (χ4v) is 2.40. The van der Waals surface area contributed by atoms with Crippen LogP contribution in [0, 0.1) is 4.77 Å². The maximum absolute atomic E-state index is 11.3. The lowest BCUT2D eigenvalue weighted by Crippen LogP contribution is -2.06. The number of hydrogen-bond donors (Lipinski definition) is 1. The van der Waals surface area contributed by atoms with E-state index in [2.05, 4.69) is 4.98 Å². The molecule has 0 spiro atoms. The molecule has 2 aromatic rings. The van der Waals surface area contributed by atoms with Crippen LogP contribution in [0.15, 0.2) is 18.2 Å². The van der Waals surface area contributed by atoms with E-state index in [1.165, 1.54) is 0 Å². The minimum atomic E-state index is -0.170. The Kier molecular flexibility index (Phi) is 4.79. The number of rotatable bonds is 6. The molecule has 1 N–H and O–H groups in total. The van der Waals surface area contributed by atoms with Gasteiger partial charge in [-0.05, 0) is 37.7 Å². The molecule has 1 aromatic heterocycles. The summed E-state index contributed by atoms with van der Waals surface area (Å²) >= 11 is 5.31. The number of aryl methyl sites for hydroxylation is 1. The highest BCUT2D eigenvalue weighted by atomic mass is 32.1. The monoisotopic (exact) mass is 294 g/mol. The van der Waals surface area contributed by atoms with E-state index in [9.17, 15) is 4.79 Å². The predicted octanol–water partition coefficient (Wildman–Crippen LogP) is 3.05. The van der Waals surface area contributed by atoms with Crippen molar-refractivity contribution >= 4 is 29.2 Å². The quantitative estimate of drug-likeness (QED) is 0.657. The van der Waals surface area contributed by atoms with Crippen LogP contribution in [-0.2, 0) is 16.1 Å². The van der Waals surface area contributed by atoms with E-state index in [0.29, 0.717) is 30.8 Å². The van der Waals surface area contributed by atoms with Gasteiger partial charge in [0.15, 0.2) is 4.77 Å². The van der Waals surface area contributed by atoms with Gasteiger partial charge in [-0.25, -0.2) is 0 Å². The maximum Gasteiger partial charge on any atom is 0.305 e. The summed E-state index contributed by atoms with van der Waals surface area (Å²) in [5.41, 5.74) is 1.95. The molecule has 0 amide bonds. The minimum Gasteiger partial charge on any atom is -0.497 e. The molecule has 2 rings (SSSR count). The Bertz CT molecular complexity index is 660. The van der Waals surface area contributed by atoms with Crippen LogP contribution in [0.25, 0.3) is 11.0 Å². The maximum atomic E-state index is 11.3. The number of nitrogens with one attached hydrogen (secondary N) is 1. The summed E-state index contributed by atoms with van der Waals surface area (Å²) in [6.45, 7) is 2.90. The SMILES string of the molecule is CCOC(=O)CCCn1c(=S)[nH]c2ccc(OC)cc21. The Labute approximate surface area is 122 Å². The molecule has 0 fully saturated rings. The first-order valence-electron chi connectivity index (χ1n) is 6.58. The first-order chi connectivity index (χ1) is 9.65. The summed E-state index contributed by atoms with van der Waals surface area (Å²) in [6.07, 6.45) is 1.09. The molecule has 0 aliphatic rings. The number of aromatic amines is 1. The molecular formula is C14H18N2O3S. The van der Waals surface area contributed by atoms with E-state index in [1.54, 1.807) is 14.0 Å². The van der Waals surface area contributed by atoms with Crippen LogP contribution in [0.2, 0.25) is 0 Å². The lowest BCUT2D eigenvalue weighted by molar-refractivity contribution is -0.143. The smallest absolute Gasteiger partial charge is 0.305 e. The topological polar surface area (TPSA) is 56.2 Å². The summed E-state index contributed by atoms with van der Waals surface area (Å²) in [5, 5.41) is 0. The molecule has 0 radical (unpaired) electrons. The molecule has 0 saturated carbocycles. The highest BCUT2D eigenvalue weighted by molar-refractivity contribution is 7.71. The Balaban J connectivity index is 2.14. The van der Waals surface area contributed by atoms with Gasteiger partial charge >= 0.3 is 5.97 Å². The number of esters is 1. The molecule has 1 heterocycles. The number of nitrogens with zero attached hydrogens (tertiary/aromatic N) is 1. The minimum absolute atomic E-state index is 0.170. The summed E-state index contributed by atoms with van der Waals surface area (Å²) in [7, 11) is 1.63. The highest BCUT2D eigenvalue weighted by Crippen LogP contribution is 2.21. The largest absolute Gasteiger partial charge is 0.497 e. The number of methoxy groups -OCH3 is 1. The van der Waals surface area contributed by atoms with Crippen LogP contribution in [0.4, 0.5) is 0 Å². The third-order valence-corrected chi connectivity index (χ3v) is 3.37. The predicted molar refractivity (Wildman–Crippen MR) is 79.5 cm³/mol. The number of imidazole rings is 1. The van der Waals surface area contributed by atoms with Crippen LogP contribution in [0.3, 0.4) is 0 Å². The standard InChI is InChI=1S/C14H18N2O3S/c1-3-19-13(17)5-4-8-16-12-9-10(18-2)6-7-11(12)15-14(16)20/h6-7,9H,3-5,8H2,1-2H3,(H,15,20). The van der Waals surface area contributed by atoms with Gasteiger partial charge in [0.25, 0.3) is 0 Å². The van der Waals surface area contributed by atoms with Crippen molar-refractivity contribution in [2.75, 3.05) is 13.7 Å². The third kappa shape index (κ3) is 3.19. The highest BCUT2D eigenvalue weighted by Gasteiger charge is 2.07. The zero-order valence-corrected chi connectivity index (χ0v) is 12.5.